The summed E-state index contributed by atoms with van der Waals surface area (Å²) in [6, 6.07) is 14.5. The van der Waals surface area contributed by atoms with E-state index in [0.29, 0.717) is 6.61 Å². The van der Waals surface area contributed by atoms with Gasteiger partial charge in [-0.05, 0) is 56.0 Å². The fourth-order valence-corrected chi connectivity index (χ4v) is 4.75. The maximum Gasteiger partial charge on any atom is 0.303 e. The molecule has 0 aliphatic heterocycles. The largest absolute Gasteiger partial charge is 0.493 e. The van der Waals surface area contributed by atoms with Crippen LogP contribution in [0.4, 0.5) is 0 Å². The van der Waals surface area contributed by atoms with Gasteiger partial charge in [0.2, 0.25) is 0 Å². The first kappa shape index (κ1) is 19.6. The fraction of sp³-hybridized carbons (Fsp3) is 0.333. The third-order valence-electron chi connectivity index (χ3n) is 5.21. The molecule has 0 fully saturated rings. The molecule has 1 aliphatic rings. The average Bonchev–Trinajstić information content (AvgIpc) is 3.25. The number of carbonyl (C=O) groups excluding carboxylic acids is 1. The van der Waals surface area contributed by atoms with E-state index in [2.05, 4.69) is 44.2 Å². The van der Waals surface area contributed by atoms with Gasteiger partial charge in [0, 0.05) is 23.8 Å². The Kier molecular flexibility index (Phi) is 5.67. The van der Waals surface area contributed by atoms with Crippen LogP contribution in [0.25, 0.3) is 10.6 Å². The molecule has 1 heterocycles. The third kappa shape index (κ3) is 4.51. The van der Waals surface area contributed by atoms with Crippen molar-refractivity contribution in [3.05, 3.63) is 69.7 Å². The summed E-state index contributed by atoms with van der Waals surface area (Å²) in [5, 5.41) is 1.07. The number of nitrogens with zero attached hydrogens (tertiary/aromatic N) is 1. The molecule has 1 atom stereocenters. The molecule has 1 unspecified atom stereocenters. The van der Waals surface area contributed by atoms with Crippen LogP contribution >= 0.6 is 11.3 Å². The fourth-order valence-electron chi connectivity index (χ4n) is 3.79. The van der Waals surface area contributed by atoms with Crippen molar-refractivity contribution in [3.8, 4) is 16.3 Å². The topological polar surface area (TPSA) is 48.4 Å². The summed E-state index contributed by atoms with van der Waals surface area (Å²) < 4.78 is 11.4. The zero-order chi connectivity index (χ0) is 20.4. The van der Waals surface area contributed by atoms with Gasteiger partial charge in [-0.1, -0.05) is 29.8 Å². The number of aryl methyl sites for hydroxylation is 3. The maximum atomic E-state index is 11.2. The van der Waals surface area contributed by atoms with Gasteiger partial charge < -0.3 is 9.47 Å². The van der Waals surface area contributed by atoms with Crippen LogP contribution in [0.15, 0.2) is 42.5 Å². The average molecular weight is 408 g/mol. The number of esters is 1. The summed E-state index contributed by atoms with van der Waals surface area (Å²) in [4.78, 5) is 17.3. The molecule has 5 heteroatoms. The number of carbonyl (C=O) groups is 1. The maximum absolute atomic E-state index is 11.2. The quantitative estimate of drug-likeness (QED) is 0.499. The molecule has 0 saturated heterocycles. The number of benzene rings is 2. The van der Waals surface area contributed by atoms with Crippen LogP contribution in [0.2, 0.25) is 0 Å². The van der Waals surface area contributed by atoms with Gasteiger partial charge in [-0.15, -0.1) is 11.3 Å². The zero-order valence-corrected chi connectivity index (χ0v) is 17.8. The highest BCUT2D eigenvalue weighted by atomic mass is 32.1. The zero-order valence-electron chi connectivity index (χ0n) is 17.0. The molecule has 4 rings (SSSR count). The molecule has 0 N–H and O–H groups in total. The van der Waals surface area contributed by atoms with Gasteiger partial charge in [-0.25, -0.2) is 4.98 Å². The molecule has 4 nitrogen and oxygen atoms in total. The van der Waals surface area contributed by atoms with Crippen molar-refractivity contribution >= 4 is 17.3 Å². The number of hydrogen-bond donors (Lipinski definition) is 0. The molecular weight excluding hydrogens is 382 g/mol. The van der Waals surface area contributed by atoms with Crippen LogP contribution in [-0.2, 0) is 22.4 Å². The molecule has 0 saturated carbocycles. The number of rotatable bonds is 6. The first-order valence-corrected chi connectivity index (χ1v) is 10.8. The van der Waals surface area contributed by atoms with Gasteiger partial charge >= 0.3 is 5.97 Å². The lowest BCUT2D eigenvalue weighted by molar-refractivity contribution is -0.146. The molecule has 0 radical (unpaired) electrons. The van der Waals surface area contributed by atoms with E-state index in [4.69, 9.17) is 14.5 Å². The van der Waals surface area contributed by atoms with Gasteiger partial charge in [-0.3, -0.25) is 4.79 Å². The Morgan fingerprint density at radius 3 is 2.86 bits per heavy atom. The number of ether oxygens (including phenoxy) is 2. The summed E-state index contributed by atoms with van der Waals surface area (Å²) in [6.07, 6.45) is 2.42. The molecule has 29 heavy (non-hydrogen) atoms. The van der Waals surface area contributed by atoms with Gasteiger partial charge in [0.1, 0.15) is 16.9 Å². The van der Waals surface area contributed by atoms with Crippen molar-refractivity contribution in [2.24, 2.45) is 0 Å². The van der Waals surface area contributed by atoms with E-state index < -0.39 is 0 Å². The SMILES string of the molecule is CC(=O)OC1CCc2cc(OCCc3nc(-c4cccc(C)c4)sc3C)ccc21. The number of thiazole rings is 1. The Morgan fingerprint density at radius 2 is 2.07 bits per heavy atom. The van der Waals surface area contributed by atoms with E-state index in [-0.39, 0.29) is 12.1 Å². The smallest absolute Gasteiger partial charge is 0.303 e. The van der Waals surface area contributed by atoms with Crippen LogP contribution in [0.3, 0.4) is 0 Å². The van der Waals surface area contributed by atoms with Crippen LogP contribution in [-0.4, -0.2) is 17.6 Å². The normalized spacial score (nSPS) is 15.2. The van der Waals surface area contributed by atoms with Crippen molar-refractivity contribution in [2.45, 2.75) is 46.1 Å². The van der Waals surface area contributed by atoms with Crippen LogP contribution < -0.4 is 4.74 Å². The second kappa shape index (κ2) is 8.37. The standard InChI is InChI=1S/C24H25NO3S/c1-15-5-4-6-19(13-15)24-25-22(16(2)29-24)11-12-27-20-8-9-21-18(14-20)7-10-23(21)28-17(3)26/h4-6,8-9,13-14,23H,7,10-12H2,1-3H3. The van der Waals surface area contributed by atoms with Crippen molar-refractivity contribution in [3.63, 3.8) is 0 Å². The van der Waals surface area contributed by atoms with Crippen LogP contribution in [0.1, 0.15) is 46.7 Å². The predicted molar refractivity (Wildman–Crippen MR) is 115 cm³/mol. The first-order chi connectivity index (χ1) is 14.0. The molecule has 0 bridgehead atoms. The van der Waals surface area contributed by atoms with E-state index in [0.717, 1.165) is 41.3 Å². The lowest BCUT2D eigenvalue weighted by Gasteiger charge is -2.12. The minimum Gasteiger partial charge on any atom is -0.493 e. The minimum absolute atomic E-state index is 0.116. The Balaban J connectivity index is 1.38. The lowest BCUT2D eigenvalue weighted by Crippen LogP contribution is -2.05. The van der Waals surface area contributed by atoms with Gasteiger partial charge in [0.15, 0.2) is 0 Å². The highest BCUT2D eigenvalue weighted by Crippen LogP contribution is 2.36. The van der Waals surface area contributed by atoms with Crippen LogP contribution in [0, 0.1) is 13.8 Å². The molecule has 0 spiro atoms. The van der Waals surface area contributed by atoms with Crippen molar-refractivity contribution in [2.75, 3.05) is 6.61 Å². The molecule has 3 aromatic rings. The minimum atomic E-state index is -0.230. The van der Waals surface area contributed by atoms with E-state index in [9.17, 15) is 4.79 Å². The number of aromatic nitrogens is 1. The lowest BCUT2D eigenvalue weighted by atomic mass is 10.1. The number of hydrogen-bond acceptors (Lipinski definition) is 5. The molecule has 0 amide bonds. The Labute approximate surface area is 175 Å². The number of fused-ring (bicyclic) bond motifs is 1. The Hall–Kier alpha value is -2.66. The second-order valence-electron chi connectivity index (χ2n) is 7.49. The van der Waals surface area contributed by atoms with Crippen molar-refractivity contribution in [1.82, 2.24) is 4.98 Å². The summed E-state index contributed by atoms with van der Waals surface area (Å²) in [7, 11) is 0. The van der Waals surface area contributed by atoms with Gasteiger partial charge in [-0.2, -0.15) is 0 Å². The Morgan fingerprint density at radius 1 is 1.21 bits per heavy atom. The summed E-state index contributed by atoms with van der Waals surface area (Å²) in [6.45, 7) is 6.27. The summed E-state index contributed by atoms with van der Waals surface area (Å²) in [5.74, 6) is 0.630. The summed E-state index contributed by atoms with van der Waals surface area (Å²) in [5.41, 5.74) is 5.83. The van der Waals surface area contributed by atoms with E-state index >= 15 is 0 Å². The van der Waals surface area contributed by atoms with E-state index in [1.807, 2.05) is 12.1 Å². The molecule has 2 aromatic carbocycles. The molecule has 150 valence electrons. The highest BCUT2D eigenvalue weighted by Gasteiger charge is 2.25. The molecule has 1 aromatic heterocycles. The van der Waals surface area contributed by atoms with E-state index in [1.54, 1.807) is 11.3 Å². The third-order valence-corrected chi connectivity index (χ3v) is 6.27. The summed E-state index contributed by atoms with van der Waals surface area (Å²) >= 11 is 1.74. The van der Waals surface area contributed by atoms with Gasteiger partial charge in [0.25, 0.3) is 0 Å². The van der Waals surface area contributed by atoms with Gasteiger partial charge in [0.05, 0.1) is 12.3 Å². The van der Waals surface area contributed by atoms with Crippen molar-refractivity contribution in [1.29, 1.82) is 0 Å². The van der Waals surface area contributed by atoms with Crippen molar-refractivity contribution < 1.29 is 14.3 Å². The Bertz CT molecular complexity index is 1040. The molecular formula is C24H25NO3S. The monoisotopic (exact) mass is 407 g/mol. The molecule has 1 aliphatic carbocycles. The highest BCUT2D eigenvalue weighted by molar-refractivity contribution is 7.15. The second-order valence-corrected chi connectivity index (χ2v) is 8.69. The first-order valence-electron chi connectivity index (χ1n) is 9.96. The predicted octanol–water partition coefficient (Wildman–Crippen LogP) is 5.60. The van der Waals surface area contributed by atoms with E-state index in [1.165, 1.54) is 28.5 Å². The van der Waals surface area contributed by atoms with Crippen LogP contribution in [0.5, 0.6) is 5.75 Å².